The average Bonchev–Trinajstić information content (AvgIpc) is 2.67. The van der Waals surface area contributed by atoms with Gasteiger partial charge in [-0.1, -0.05) is 0 Å². The molecule has 1 N–H and O–H groups in total. The van der Waals surface area contributed by atoms with Crippen molar-refractivity contribution in [3.63, 3.8) is 0 Å². The van der Waals surface area contributed by atoms with Gasteiger partial charge in [0.2, 0.25) is 0 Å². The molecule has 0 amide bonds. The minimum atomic E-state index is -0.435. The number of rotatable bonds is 2. The van der Waals surface area contributed by atoms with Crippen molar-refractivity contribution in [1.29, 1.82) is 0 Å². The number of ether oxygens (including phenoxy) is 1. The molecule has 21 heavy (non-hydrogen) atoms. The topological polar surface area (TPSA) is 35.9 Å². The molecule has 4 atom stereocenters. The zero-order chi connectivity index (χ0) is 15.4. The number of hydrogen-bond donors (Lipinski definition) is 1. The zero-order valence-corrected chi connectivity index (χ0v) is 14.3. The predicted molar refractivity (Wildman–Crippen MR) is 84.4 cm³/mol. The Balaban J connectivity index is 1.69. The number of aliphatic hydroxyl groups is 1. The van der Waals surface area contributed by atoms with Crippen molar-refractivity contribution in [2.75, 3.05) is 26.7 Å². The summed E-state index contributed by atoms with van der Waals surface area (Å²) in [5.41, 5.74) is -0.685. The number of likely N-dealkylation sites (tertiary alicyclic amines) is 1. The molecule has 3 heterocycles. The van der Waals surface area contributed by atoms with E-state index in [4.69, 9.17) is 4.74 Å². The van der Waals surface area contributed by atoms with Gasteiger partial charge in [0.15, 0.2) is 0 Å². The van der Waals surface area contributed by atoms with Crippen LogP contribution in [-0.2, 0) is 4.74 Å². The summed E-state index contributed by atoms with van der Waals surface area (Å²) in [4.78, 5) is 5.15. The highest BCUT2D eigenvalue weighted by Crippen LogP contribution is 2.43. The van der Waals surface area contributed by atoms with E-state index in [0.29, 0.717) is 6.04 Å². The fourth-order valence-corrected chi connectivity index (χ4v) is 4.82. The summed E-state index contributed by atoms with van der Waals surface area (Å²) in [7, 11) is 2.28. The van der Waals surface area contributed by atoms with E-state index in [-0.39, 0.29) is 17.6 Å². The lowest BCUT2D eigenvalue weighted by molar-refractivity contribution is -0.0913. The molecule has 4 unspecified atom stereocenters. The van der Waals surface area contributed by atoms with Gasteiger partial charge >= 0.3 is 0 Å². The Kier molecular flexibility index (Phi) is 3.89. The fraction of sp³-hybridized carbons (Fsp3) is 1.00. The van der Waals surface area contributed by atoms with Crippen LogP contribution in [0.25, 0.3) is 0 Å². The maximum atomic E-state index is 10.7. The zero-order valence-electron chi connectivity index (χ0n) is 14.3. The lowest BCUT2D eigenvalue weighted by Crippen LogP contribution is -2.46. The van der Waals surface area contributed by atoms with E-state index >= 15 is 0 Å². The Labute approximate surface area is 129 Å². The molecule has 0 saturated carbocycles. The monoisotopic (exact) mass is 296 g/mol. The SMILES string of the molecule is CN1C2CCC1CN(CC1C(O)C(C)(C)OC1(C)C)CC2. The summed E-state index contributed by atoms with van der Waals surface area (Å²) < 4.78 is 6.13. The largest absolute Gasteiger partial charge is 0.390 e. The minimum Gasteiger partial charge on any atom is -0.390 e. The molecule has 0 radical (unpaired) electrons. The molecule has 3 rings (SSSR count). The lowest BCUT2D eigenvalue weighted by atomic mass is 9.84. The van der Waals surface area contributed by atoms with E-state index in [0.717, 1.165) is 25.7 Å². The van der Waals surface area contributed by atoms with Gasteiger partial charge in [0.1, 0.15) is 0 Å². The first-order valence-electron chi connectivity index (χ1n) is 8.53. The molecule has 3 aliphatic heterocycles. The van der Waals surface area contributed by atoms with E-state index < -0.39 is 5.60 Å². The Morgan fingerprint density at radius 3 is 2.33 bits per heavy atom. The third-order valence-electron chi connectivity index (χ3n) is 6.20. The van der Waals surface area contributed by atoms with Gasteiger partial charge in [-0.05, 0) is 60.5 Å². The molecule has 2 bridgehead atoms. The number of nitrogens with zero attached hydrogens (tertiary/aromatic N) is 2. The maximum Gasteiger partial charge on any atom is 0.0896 e. The number of likely N-dealkylation sites (N-methyl/N-ethyl adjacent to an activating group) is 1. The van der Waals surface area contributed by atoms with Crippen LogP contribution in [-0.4, -0.2) is 71.0 Å². The molecular weight excluding hydrogens is 264 g/mol. The van der Waals surface area contributed by atoms with Gasteiger partial charge < -0.3 is 14.7 Å². The predicted octanol–water partition coefficient (Wildman–Crippen LogP) is 1.72. The van der Waals surface area contributed by atoms with Crippen LogP contribution in [0, 0.1) is 5.92 Å². The second-order valence-corrected chi connectivity index (χ2v) is 8.46. The molecule has 3 fully saturated rings. The van der Waals surface area contributed by atoms with Gasteiger partial charge in [0, 0.05) is 31.1 Å². The molecular formula is C17H32N2O2. The molecule has 3 aliphatic rings. The number of hydrogen-bond acceptors (Lipinski definition) is 4. The van der Waals surface area contributed by atoms with Gasteiger partial charge in [-0.3, -0.25) is 4.90 Å². The van der Waals surface area contributed by atoms with Crippen LogP contribution in [0.3, 0.4) is 0 Å². The van der Waals surface area contributed by atoms with Crippen LogP contribution in [0.15, 0.2) is 0 Å². The smallest absolute Gasteiger partial charge is 0.0896 e. The summed E-state index contributed by atoms with van der Waals surface area (Å²) in [6.07, 6.45) is 3.57. The Morgan fingerprint density at radius 1 is 1.05 bits per heavy atom. The van der Waals surface area contributed by atoms with Crippen molar-refractivity contribution in [3.8, 4) is 0 Å². The quantitative estimate of drug-likeness (QED) is 0.842. The van der Waals surface area contributed by atoms with E-state index in [9.17, 15) is 5.11 Å². The Morgan fingerprint density at radius 2 is 1.71 bits per heavy atom. The lowest BCUT2D eigenvalue weighted by Gasteiger charge is -2.33. The third kappa shape index (κ3) is 2.76. The molecule has 0 aromatic carbocycles. The van der Waals surface area contributed by atoms with Crippen molar-refractivity contribution < 1.29 is 9.84 Å². The second kappa shape index (κ2) is 5.19. The van der Waals surface area contributed by atoms with Crippen LogP contribution in [0.2, 0.25) is 0 Å². The van der Waals surface area contributed by atoms with E-state index in [1.54, 1.807) is 0 Å². The van der Waals surface area contributed by atoms with Crippen LogP contribution in [0.1, 0.15) is 47.0 Å². The fourth-order valence-electron chi connectivity index (χ4n) is 4.82. The Bertz CT molecular complexity index is 396. The minimum absolute atomic E-state index is 0.189. The highest BCUT2D eigenvalue weighted by Gasteiger charge is 2.53. The maximum absolute atomic E-state index is 10.7. The van der Waals surface area contributed by atoms with Crippen molar-refractivity contribution >= 4 is 0 Å². The first kappa shape index (κ1) is 15.7. The third-order valence-corrected chi connectivity index (χ3v) is 6.20. The van der Waals surface area contributed by atoms with Crippen molar-refractivity contribution in [1.82, 2.24) is 9.80 Å². The summed E-state index contributed by atoms with van der Waals surface area (Å²) in [5.74, 6) is 0.189. The summed E-state index contributed by atoms with van der Waals surface area (Å²) >= 11 is 0. The average molecular weight is 296 g/mol. The van der Waals surface area contributed by atoms with Gasteiger partial charge in [-0.25, -0.2) is 0 Å². The summed E-state index contributed by atoms with van der Waals surface area (Å²) in [6.45, 7) is 11.5. The molecule has 0 aromatic rings. The van der Waals surface area contributed by atoms with E-state index in [1.165, 1.54) is 19.3 Å². The molecule has 0 aliphatic carbocycles. The van der Waals surface area contributed by atoms with Crippen LogP contribution in [0.4, 0.5) is 0 Å². The van der Waals surface area contributed by atoms with Crippen molar-refractivity contribution in [2.45, 2.75) is 76.3 Å². The van der Waals surface area contributed by atoms with Gasteiger partial charge in [0.25, 0.3) is 0 Å². The molecule has 4 heteroatoms. The van der Waals surface area contributed by atoms with Crippen molar-refractivity contribution in [3.05, 3.63) is 0 Å². The molecule has 3 saturated heterocycles. The van der Waals surface area contributed by atoms with Crippen LogP contribution < -0.4 is 0 Å². The van der Waals surface area contributed by atoms with Crippen LogP contribution >= 0.6 is 0 Å². The molecule has 122 valence electrons. The molecule has 0 spiro atoms. The highest BCUT2D eigenvalue weighted by molar-refractivity contribution is 5.03. The van der Waals surface area contributed by atoms with Crippen LogP contribution in [0.5, 0.6) is 0 Å². The molecule has 4 nitrogen and oxygen atoms in total. The van der Waals surface area contributed by atoms with Gasteiger partial charge in [0.05, 0.1) is 17.3 Å². The standard InChI is InChI=1S/C17H32N2O2/c1-16(2)14(15(20)17(3,4)21-16)11-19-9-8-12-6-7-13(10-19)18(12)5/h12-15,20H,6-11H2,1-5H3. The van der Waals surface area contributed by atoms with Gasteiger partial charge in [-0.15, -0.1) is 0 Å². The first-order valence-corrected chi connectivity index (χ1v) is 8.53. The van der Waals surface area contributed by atoms with E-state index in [2.05, 4.69) is 30.7 Å². The summed E-state index contributed by atoms with van der Waals surface area (Å²) in [5, 5.41) is 10.7. The normalized spacial score (nSPS) is 43.1. The number of aliphatic hydroxyl groups excluding tert-OH is 1. The van der Waals surface area contributed by atoms with Crippen molar-refractivity contribution in [2.24, 2.45) is 5.92 Å². The molecule has 0 aromatic heterocycles. The Hall–Kier alpha value is -0.160. The first-order chi connectivity index (χ1) is 9.71. The second-order valence-electron chi connectivity index (χ2n) is 8.46. The summed E-state index contributed by atoms with van der Waals surface area (Å²) in [6, 6.07) is 1.47. The number of fused-ring (bicyclic) bond motifs is 2. The van der Waals surface area contributed by atoms with Gasteiger partial charge in [-0.2, -0.15) is 0 Å². The highest BCUT2D eigenvalue weighted by atomic mass is 16.5. The van der Waals surface area contributed by atoms with E-state index in [1.807, 2.05) is 13.8 Å².